The second kappa shape index (κ2) is 45.0. The minimum atomic E-state index is -0.428. The van der Waals surface area contributed by atoms with E-state index in [1.807, 2.05) is 30.3 Å². The quantitative estimate of drug-likeness (QED) is 0.0329. The lowest BCUT2D eigenvalue weighted by Gasteiger charge is -2.18. The molecule has 37 nitrogen and oxygen atoms in total. The number of carbonyl (C=O) groups is 11. The first-order valence-corrected chi connectivity index (χ1v) is 43.3. The van der Waals surface area contributed by atoms with Gasteiger partial charge in [-0.1, -0.05) is 86.4 Å². The van der Waals surface area contributed by atoms with Crippen LogP contribution in [0.2, 0.25) is 0 Å². The largest absolute Gasteiger partial charge is 0.486 e. The molecular formula is C103H87N11O26. The van der Waals surface area contributed by atoms with Crippen molar-refractivity contribution in [3.63, 3.8) is 0 Å². The fraction of sp³-hybridized carbons (Fsp3) is 0.165. The lowest BCUT2D eigenvalue weighted by atomic mass is 10.1. The summed E-state index contributed by atoms with van der Waals surface area (Å²) in [6.45, 7) is 12.4. The number of nitrogens with zero attached hydrogens (tertiary/aromatic N) is 6. The van der Waals surface area contributed by atoms with Crippen molar-refractivity contribution in [1.82, 2.24) is 30.7 Å². The Hall–Kier alpha value is -18.6. The van der Waals surface area contributed by atoms with Gasteiger partial charge in [0.15, 0.2) is 144 Å². The summed E-state index contributed by atoms with van der Waals surface area (Å²) in [4.78, 5) is 130. The standard InChI is InChI=1S/5C20H16N2O5.C3H7NO/c5*1-12(23)13-3-2-4-15(9-13)21-20(24)16-11-18(27-22-16)14-5-6-17-19(10-14)26-8-7-25-17;1-4(2)3-5/h5*2-6,9-11H,7-8H2,1H3,(H,21,24);3H,1-2H3. The monoisotopic (exact) mass is 1890 g/mol. The summed E-state index contributed by atoms with van der Waals surface area (Å²) in [5.74, 6) is 6.19. The molecule has 6 amide bonds. The third kappa shape index (κ3) is 25.1. The van der Waals surface area contributed by atoms with E-state index in [4.69, 9.17) is 70.0 Å². The molecule has 0 bridgehead atoms. The number of aromatic nitrogens is 5. The lowest BCUT2D eigenvalue weighted by molar-refractivity contribution is -0.115. The normalized spacial score (nSPS) is 12.3. The molecule has 10 heterocycles. The number of carbonyl (C=O) groups excluding carboxylic acids is 11. The summed E-state index contributed by atoms with van der Waals surface area (Å²) in [6.07, 6.45) is 0.750. The lowest BCUT2D eigenvalue weighted by Crippen LogP contribution is -2.15. The van der Waals surface area contributed by atoms with Gasteiger partial charge in [-0.2, -0.15) is 0 Å². The van der Waals surface area contributed by atoms with E-state index < -0.39 is 29.5 Å². The van der Waals surface area contributed by atoms with Crippen molar-refractivity contribution in [2.24, 2.45) is 0 Å². The van der Waals surface area contributed by atoms with Crippen LogP contribution in [0.4, 0.5) is 28.4 Å². The summed E-state index contributed by atoms with van der Waals surface area (Å²) >= 11 is 0. The highest BCUT2D eigenvalue weighted by molar-refractivity contribution is 6.08. The summed E-state index contributed by atoms with van der Waals surface area (Å²) in [7, 11) is 3.38. The number of hydrogen-bond acceptors (Lipinski definition) is 31. The minimum absolute atomic E-state index is 0.0755. The molecule has 0 saturated heterocycles. The molecule has 5 aliphatic rings. The van der Waals surface area contributed by atoms with E-state index in [1.165, 1.54) is 39.5 Å². The smallest absolute Gasteiger partial charge is 0.277 e. The van der Waals surface area contributed by atoms with E-state index in [0.717, 1.165) is 34.2 Å². The van der Waals surface area contributed by atoms with Crippen molar-refractivity contribution < 1.29 is 123 Å². The number of rotatable bonds is 21. The van der Waals surface area contributed by atoms with Gasteiger partial charge in [0.25, 0.3) is 29.5 Å². The molecule has 0 atom stereocenters. The molecule has 0 spiro atoms. The van der Waals surface area contributed by atoms with Crippen molar-refractivity contribution in [2.45, 2.75) is 34.6 Å². The number of Topliss-reactive ketones (excluding diaryl/α,β-unsaturated/α-hetero) is 5. The first-order valence-electron chi connectivity index (χ1n) is 43.3. The van der Waals surface area contributed by atoms with Crippen LogP contribution in [0.15, 0.2) is 265 Å². The Labute approximate surface area is 797 Å². The van der Waals surface area contributed by atoms with Gasteiger partial charge in [0, 0.05) is 128 Å². The SMILES string of the molecule is CC(=O)c1cccc(NC(=O)c2cc(-c3ccc4c(c3)OCCO4)on2)c1.CC(=O)c1cccc(NC(=O)c2cc(-c3ccc4c(c3)OCCO4)on2)c1.CC(=O)c1cccc(NC(=O)c2cc(-c3ccc4c(c3)OCCO4)on2)c1.CC(=O)c1cccc(NC(=O)c2cc(-c3ccc4c(c3)OCCO4)on2)c1.CC(=O)c1cccc(NC(=O)c2cc(-c3ccc4c(c3)OCCO4)on2)c1.CN(C)C=O. The number of amides is 6. The highest BCUT2D eigenvalue weighted by Crippen LogP contribution is 2.41. The summed E-state index contributed by atoms with van der Waals surface area (Å²) in [5, 5.41) is 32.7. The van der Waals surface area contributed by atoms with Crippen molar-refractivity contribution in [3.8, 4) is 114 Å². The molecule has 140 heavy (non-hydrogen) atoms. The van der Waals surface area contributed by atoms with E-state index in [1.54, 1.807) is 226 Å². The topological polar surface area (TPSA) is 474 Å². The first kappa shape index (κ1) is 96.0. The summed E-state index contributed by atoms with van der Waals surface area (Å²) < 4.78 is 81.7. The van der Waals surface area contributed by atoms with Crippen molar-refractivity contribution >= 4 is 93.3 Å². The Morgan fingerprint density at radius 2 is 0.400 bits per heavy atom. The predicted octanol–water partition coefficient (Wildman–Crippen LogP) is 17.5. The number of hydrogen-bond donors (Lipinski definition) is 5. The van der Waals surface area contributed by atoms with Crippen LogP contribution in [-0.4, -0.2) is 176 Å². The van der Waals surface area contributed by atoms with E-state index in [0.29, 0.717) is 209 Å². The molecular weight excluding hydrogens is 1810 g/mol. The van der Waals surface area contributed by atoms with Gasteiger partial charge in [-0.05, 0) is 186 Å². The number of anilines is 5. The van der Waals surface area contributed by atoms with Gasteiger partial charge >= 0.3 is 0 Å². The maximum atomic E-state index is 12.4. The van der Waals surface area contributed by atoms with E-state index in [2.05, 4.69) is 52.4 Å². The zero-order chi connectivity index (χ0) is 98.3. The molecule has 5 aromatic heterocycles. The van der Waals surface area contributed by atoms with E-state index >= 15 is 0 Å². The van der Waals surface area contributed by atoms with Crippen LogP contribution < -0.4 is 74.0 Å². The number of fused-ring (bicyclic) bond motifs is 5. The average Bonchev–Trinajstić information content (AvgIpc) is 1.68. The van der Waals surface area contributed by atoms with Gasteiger partial charge in [0.05, 0.1) is 0 Å². The summed E-state index contributed by atoms with van der Waals surface area (Å²) in [6, 6.07) is 68.2. The number of benzene rings is 10. The maximum absolute atomic E-state index is 12.4. The molecule has 0 radical (unpaired) electrons. The highest BCUT2D eigenvalue weighted by atomic mass is 16.6. The average molecular weight is 1890 g/mol. The molecule has 10 aromatic carbocycles. The zero-order valence-electron chi connectivity index (χ0n) is 76.0. The van der Waals surface area contributed by atoms with Crippen LogP contribution >= 0.6 is 0 Å². The first-order chi connectivity index (χ1) is 67.8. The Bertz CT molecular complexity index is 6210. The number of ketones is 5. The Morgan fingerprint density at radius 1 is 0.236 bits per heavy atom. The number of ether oxygens (including phenoxy) is 10. The van der Waals surface area contributed by atoms with Gasteiger partial charge in [-0.15, -0.1) is 0 Å². The molecule has 0 saturated carbocycles. The molecule has 20 rings (SSSR count). The molecule has 37 heteroatoms. The zero-order valence-corrected chi connectivity index (χ0v) is 76.0. The van der Waals surface area contributed by atoms with Crippen molar-refractivity contribution in [3.05, 3.63) is 299 Å². The molecule has 15 aromatic rings. The Morgan fingerprint density at radius 3 is 0.557 bits per heavy atom. The highest BCUT2D eigenvalue weighted by Gasteiger charge is 2.26. The Balaban J connectivity index is 0.000000131. The van der Waals surface area contributed by atoms with E-state index in [-0.39, 0.29) is 57.4 Å². The molecule has 5 aliphatic heterocycles. The van der Waals surface area contributed by atoms with Crippen molar-refractivity contribution in [1.29, 1.82) is 0 Å². The predicted molar refractivity (Wildman–Crippen MR) is 506 cm³/mol. The molecule has 5 N–H and O–H groups in total. The van der Waals surface area contributed by atoms with Crippen LogP contribution in [0, 0.1) is 0 Å². The fourth-order valence-electron chi connectivity index (χ4n) is 13.6. The fourth-order valence-corrected chi connectivity index (χ4v) is 13.6. The molecule has 0 aliphatic carbocycles. The second-order valence-corrected chi connectivity index (χ2v) is 31.2. The van der Waals surface area contributed by atoms with Crippen LogP contribution in [0.25, 0.3) is 56.6 Å². The van der Waals surface area contributed by atoms with Gasteiger partial charge in [0.1, 0.15) is 66.1 Å². The van der Waals surface area contributed by atoms with Crippen LogP contribution in [0.1, 0.15) is 139 Å². The van der Waals surface area contributed by atoms with E-state index in [9.17, 15) is 52.7 Å². The van der Waals surface area contributed by atoms with Crippen molar-refractivity contribution in [2.75, 3.05) is 107 Å². The summed E-state index contributed by atoms with van der Waals surface area (Å²) in [5.41, 5.74) is 9.44. The third-order valence-corrected chi connectivity index (χ3v) is 20.7. The van der Waals surface area contributed by atoms with Crippen LogP contribution in [-0.2, 0) is 4.79 Å². The van der Waals surface area contributed by atoms with Crippen LogP contribution in [0.3, 0.4) is 0 Å². The molecule has 710 valence electrons. The van der Waals surface area contributed by atoms with Gasteiger partial charge in [-0.25, -0.2) is 0 Å². The Kier molecular flexibility index (Phi) is 30.8. The molecule has 0 fully saturated rings. The van der Waals surface area contributed by atoms with Crippen LogP contribution in [0.5, 0.6) is 57.5 Å². The second-order valence-electron chi connectivity index (χ2n) is 31.2. The molecule has 0 unspecified atom stereocenters. The van der Waals surface area contributed by atoms with Gasteiger partial charge in [0.2, 0.25) is 6.41 Å². The number of nitrogens with one attached hydrogen (secondary N) is 5. The third-order valence-electron chi connectivity index (χ3n) is 20.7. The maximum Gasteiger partial charge on any atom is 0.277 e. The van der Waals surface area contributed by atoms with Gasteiger partial charge < -0.3 is 101 Å². The minimum Gasteiger partial charge on any atom is -0.486 e. The van der Waals surface area contributed by atoms with Gasteiger partial charge in [-0.3, -0.25) is 52.7 Å².